The zero-order chi connectivity index (χ0) is 15.1. The van der Waals surface area contributed by atoms with Crippen molar-refractivity contribution in [3.05, 3.63) is 0 Å². The first kappa shape index (κ1) is 16.6. The molecule has 2 fully saturated rings. The molecule has 0 aromatic heterocycles. The first-order valence-corrected chi connectivity index (χ1v) is 8.87. The number of nitrogens with zero attached hydrogens (tertiary/aromatic N) is 2. The largest absolute Gasteiger partial charge is 0.356 e. The van der Waals surface area contributed by atoms with Crippen LogP contribution in [0.5, 0.6) is 0 Å². The van der Waals surface area contributed by atoms with Gasteiger partial charge in [0.2, 0.25) is 0 Å². The van der Waals surface area contributed by atoms with Crippen LogP contribution >= 0.6 is 0 Å². The number of rotatable bonds is 7. The molecule has 0 bridgehead atoms. The predicted molar refractivity (Wildman–Crippen MR) is 90.8 cm³/mol. The summed E-state index contributed by atoms with van der Waals surface area (Å²) in [6, 6.07) is 0.586. The monoisotopic (exact) mass is 294 g/mol. The number of hydrogen-bond donors (Lipinski definition) is 2. The minimum Gasteiger partial charge on any atom is -0.356 e. The van der Waals surface area contributed by atoms with Crippen molar-refractivity contribution in [1.82, 2.24) is 15.5 Å². The van der Waals surface area contributed by atoms with E-state index < -0.39 is 0 Å². The zero-order valence-corrected chi connectivity index (χ0v) is 14.2. The third-order valence-corrected chi connectivity index (χ3v) is 4.55. The standard InChI is InChI=1S/C17H34N4/c1-14(2)13-21-11-8-16(9-12-21)20-17(18-3)19-10-4-5-15-6-7-15/h14-16H,4-13H2,1-3H3,(H2,18,19,20). The normalized spacial score (nSPS) is 21.8. The average molecular weight is 294 g/mol. The number of nitrogens with one attached hydrogen (secondary N) is 2. The molecular formula is C17H34N4. The molecule has 1 aliphatic heterocycles. The van der Waals surface area contributed by atoms with E-state index in [1.165, 1.54) is 58.2 Å². The molecule has 4 heteroatoms. The molecule has 0 unspecified atom stereocenters. The van der Waals surface area contributed by atoms with Gasteiger partial charge in [0.25, 0.3) is 0 Å². The quantitative estimate of drug-likeness (QED) is 0.430. The third kappa shape index (κ3) is 6.68. The highest BCUT2D eigenvalue weighted by Crippen LogP contribution is 2.33. The molecule has 122 valence electrons. The summed E-state index contributed by atoms with van der Waals surface area (Å²) in [5, 5.41) is 7.06. The number of likely N-dealkylation sites (tertiary alicyclic amines) is 1. The van der Waals surface area contributed by atoms with Crippen molar-refractivity contribution >= 4 is 5.96 Å². The van der Waals surface area contributed by atoms with Crippen molar-refractivity contribution in [2.24, 2.45) is 16.8 Å². The Labute approximate surface area is 130 Å². The van der Waals surface area contributed by atoms with E-state index in [9.17, 15) is 0 Å². The molecule has 4 nitrogen and oxygen atoms in total. The van der Waals surface area contributed by atoms with Gasteiger partial charge in [0, 0.05) is 39.3 Å². The van der Waals surface area contributed by atoms with E-state index in [1.54, 1.807) is 0 Å². The Morgan fingerprint density at radius 2 is 1.90 bits per heavy atom. The average Bonchev–Trinajstić information content (AvgIpc) is 3.27. The van der Waals surface area contributed by atoms with Gasteiger partial charge in [-0.2, -0.15) is 0 Å². The van der Waals surface area contributed by atoms with E-state index in [2.05, 4.69) is 34.4 Å². The van der Waals surface area contributed by atoms with Crippen LogP contribution in [-0.4, -0.2) is 50.1 Å². The van der Waals surface area contributed by atoms with Gasteiger partial charge in [-0.25, -0.2) is 0 Å². The molecule has 1 heterocycles. The lowest BCUT2D eigenvalue weighted by molar-refractivity contribution is 0.187. The number of aliphatic imine (C=N–C) groups is 1. The fraction of sp³-hybridized carbons (Fsp3) is 0.941. The van der Waals surface area contributed by atoms with Crippen LogP contribution < -0.4 is 10.6 Å². The van der Waals surface area contributed by atoms with Gasteiger partial charge in [0.05, 0.1) is 0 Å². The number of hydrogen-bond acceptors (Lipinski definition) is 2. The van der Waals surface area contributed by atoms with Gasteiger partial charge in [-0.05, 0) is 37.5 Å². The van der Waals surface area contributed by atoms with Crippen molar-refractivity contribution in [3.8, 4) is 0 Å². The summed E-state index contributed by atoms with van der Waals surface area (Å²) in [5.41, 5.74) is 0. The molecule has 1 aliphatic carbocycles. The van der Waals surface area contributed by atoms with Crippen LogP contribution in [0.2, 0.25) is 0 Å². The lowest BCUT2D eigenvalue weighted by Crippen LogP contribution is -2.49. The first-order chi connectivity index (χ1) is 10.2. The summed E-state index contributed by atoms with van der Waals surface area (Å²) in [6.45, 7) is 9.34. The van der Waals surface area contributed by atoms with E-state index in [0.29, 0.717) is 6.04 Å². The Balaban J connectivity index is 1.58. The van der Waals surface area contributed by atoms with Gasteiger partial charge in [0.1, 0.15) is 0 Å². The van der Waals surface area contributed by atoms with Crippen molar-refractivity contribution in [1.29, 1.82) is 0 Å². The molecule has 1 saturated heterocycles. The summed E-state index contributed by atoms with van der Waals surface area (Å²) in [4.78, 5) is 6.95. The summed E-state index contributed by atoms with van der Waals surface area (Å²) in [7, 11) is 1.88. The molecule has 2 rings (SSSR count). The van der Waals surface area contributed by atoms with Crippen LogP contribution in [0.25, 0.3) is 0 Å². The third-order valence-electron chi connectivity index (χ3n) is 4.55. The molecule has 0 spiro atoms. The molecule has 0 atom stereocenters. The van der Waals surface area contributed by atoms with Crippen molar-refractivity contribution < 1.29 is 0 Å². The maximum absolute atomic E-state index is 4.36. The minimum atomic E-state index is 0.586. The van der Waals surface area contributed by atoms with Crippen molar-refractivity contribution in [2.75, 3.05) is 33.2 Å². The number of piperidine rings is 1. The van der Waals surface area contributed by atoms with Crippen LogP contribution in [-0.2, 0) is 0 Å². The predicted octanol–water partition coefficient (Wildman–Crippen LogP) is 2.46. The van der Waals surface area contributed by atoms with Crippen LogP contribution in [0.4, 0.5) is 0 Å². The van der Waals surface area contributed by atoms with Crippen molar-refractivity contribution in [2.45, 2.75) is 58.4 Å². The number of guanidine groups is 1. The summed E-state index contributed by atoms with van der Waals surface area (Å²) in [5.74, 6) is 2.80. The highest BCUT2D eigenvalue weighted by atomic mass is 15.2. The summed E-state index contributed by atoms with van der Waals surface area (Å²) < 4.78 is 0. The maximum atomic E-state index is 4.36. The molecule has 0 aromatic carbocycles. The van der Waals surface area contributed by atoms with E-state index >= 15 is 0 Å². The van der Waals surface area contributed by atoms with Gasteiger partial charge < -0.3 is 15.5 Å². The van der Waals surface area contributed by atoms with Gasteiger partial charge in [-0.15, -0.1) is 0 Å². The lowest BCUT2D eigenvalue weighted by atomic mass is 10.0. The van der Waals surface area contributed by atoms with Crippen LogP contribution in [0.15, 0.2) is 4.99 Å². The summed E-state index contributed by atoms with van der Waals surface area (Å²) in [6.07, 6.45) is 8.05. The Bertz CT molecular complexity index is 315. The Morgan fingerprint density at radius 3 is 2.48 bits per heavy atom. The molecular weight excluding hydrogens is 260 g/mol. The molecule has 0 radical (unpaired) electrons. The fourth-order valence-electron chi connectivity index (χ4n) is 3.17. The zero-order valence-electron chi connectivity index (χ0n) is 14.2. The van der Waals surface area contributed by atoms with E-state index in [4.69, 9.17) is 0 Å². The van der Waals surface area contributed by atoms with Crippen molar-refractivity contribution in [3.63, 3.8) is 0 Å². The smallest absolute Gasteiger partial charge is 0.191 e. The fourth-order valence-corrected chi connectivity index (χ4v) is 3.17. The van der Waals surface area contributed by atoms with E-state index in [-0.39, 0.29) is 0 Å². The second kappa shape index (κ2) is 8.62. The van der Waals surface area contributed by atoms with Gasteiger partial charge in [0.15, 0.2) is 5.96 Å². The van der Waals surface area contributed by atoms with Crippen LogP contribution in [0.1, 0.15) is 52.4 Å². The Hall–Kier alpha value is -0.770. The molecule has 2 aliphatic rings. The second-order valence-electron chi connectivity index (χ2n) is 7.20. The van der Waals surface area contributed by atoms with E-state index in [0.717, 1.165) is 24.3 Å². The Kier molecular flexibility index (Phi) is 6.81. The highest BCUT2D eigenvalue weighted by Gasteiger charge is 2.21. The minimum absolute atomic E-state index is 0.586. The van der Waals surface area contributed by atoms with Gasteiger partial charge in [-0.1, -0.05) is 26.7 Å². The second-order valence-corrected chi connectivity index (χ2v) is 7.20. The van der Waals surface area contributed by atoms with Gasteiger partial charge in [-0.3, -0.25) is 4.99 Å². The van der Waals surface area contributed by atoms with Crippen LogP contribution in [0.3, 0.4) is 0 Å². The molecule has 1 saturated carbocycles. The SMILES string of the molecule is CN=C(NCCCC1CC1)NC1CCN(CC(C)C)CC1. The summed E-state index contributed by atoms with van der Waals surface area (Å²) >= 11 is 0. The maximum Gasteiger partial charge on any atom is 0.191 e. The first-order valence-electron chi connectivity index (χ1n) is 8.87. The topological polar surface area (TPSA) is 39.7 Å². The Morgan fingerprint density at radius 1 is 1.19 bits per heavy atom. The van der Waals surface area contributed by atoms with Crippen LogP contribution in [0, 0.1) is 11.8 Å². The molecule has 21 heavy (non-hydrogen) atoms. The molecule has 0 amide bonds. The highest BCUT2D eigenvalue weighted by molar-refractivity contribution is 5.79. The lowest BCUT2D eigenvalue weighted by Gasteiger charge is -2.34. The van der Waals surface area contributed by atoms with Gasteiger partial charge >= 0.3 is 0 Å². The molecule has 0 aromatic rings. The molecule has 2 N–H and O–H groups in total. The van der Waals surface area contributed by atoms with E-state index in [1.807, 2.05) is 7.05 Å².